The molecule has 4 heteroatoms. The van der Waals surface area contributed by atoms with Gasteiger partial charge in [0, 0.05) is 17.6 Å². The van der Waals surface area contributed by atoms with E-state index in [9.17, 15) is 5.11 Å². The summed E-state index contributed by atoms with van der Waals surface area (Å²) in [7, 11) is 0. The molecule has 0 aliphatic rings. The lowest BCUT2D eigenvalue weighted by molar-refractivity contribution is 0.176. The lowest BCUT2D eigenvalue weighted by atomic mass is 10.00. The van der Waals surface area contributed by atoms with E-state index in [1.807, 2.05) is 42.1 Å². The minimum Gasteiger partial charge on any atom is -0.388 e. The van der Waals surface area contributed by atoms with Crippen molar-refractivity contribution in [1.29, 1.82) is 0 Å². The van der Waals surface area contributed by atoms with Gasteiger partial charge in [0.1, 0.15) is 0 Å². The van der Waals surface area contributed by atoms with Gasteiger partial charge in [-0.05, 0) is 43.0 Å². The fourth-order valence-corrected chi connectivity index (χ4v) is 2.83. The third kappa shape index (κ3) is 3.66. The van der Waals surface area contributed by atoms with Gasteiger partial charge in [-0.1, -0.05) is 37.6 Å². The SMILES string of the molecule is CCC(CC)n1ccc(CC(O)c2cccc(Cl)c2C)n1. The minimum absolute atomic E-state index is 0.434. The lowest BCUT2D eigenvalue weighted by Gasteiger charge is -2.14. The van der Waals surface area contributed by atoms with Crippen LogP contribution in [0.4, 0.5) is 0 Å². The predicted molar refractivity (Wildman–Crippen MR) is 86.7 cm³/mol. The summed E-state index contributed by atoms with van der Waals surface area (Å²) in [4.78, 5) is 0. The number of aromatic nitrogens is 2. The monoisotopic (exact) mass is 306 g/mol. The van der Waals surface area contributed by atoms with Crippen molar-refractivity contribution in [2.75, 3.05) is 0 Å². The Labute approximate surface area is 131 Å². The topological polar surface area (TPSA) is 38.0 Å². The Morgan fingerprint density at radius 2 is 1.95 bits per heavy atom. The third-order valence-corrected chi connectivity index (χ3v) is 4.46. The van der Waals surface area contributed by atoms with Crippen LogP contribution in [0.2, 0.25) is 5.02 Å². The molecule has 0 spiro atoms. The summed E-state index contributed by atoms with van der Waals surface area (Å²) >= 11 is 6.11. The average Bonchev–Trinajstić information content (AvgIpc) is 2.91. The maximum absolute atomic E-state index is 10.4. The Balaban J connectivity index is 2.13. The van der Waals surface area contributed by atoms with Crippen LogP contribution in [0, 0.1) is 6.92 Å². The fourth-order valence-electron chi connectivity index (χ4n) is 2.65. The second-order valence-electron chi connectivity index (χ2n) is 5.43. The molecule has 1 atom stereocenters. The van der Waals surface area contributed by atoms with Gasteiger partial charge in [0.15, 0.2) is 0 Å². The molecular weight excluding hydrogens is 284 g/mol. The summed E-state index contributed by atoms with van der Waals surface area (Å²) in [5.74, 6) is 0. The Morgan fingerprint density at radius 3 is 2.62 bits per heavy atom. The molecule has 1 heterocycles. The Hall–Kier alpha value is -1.32. The summed E-state index contributed by atoms with van der Waals surface area (Å²) in [6, 6.07) is 8.06. The van der Waals surface area contributed by atoms with Crippen LogP contribution in [-0.4, -0.2) is 14.9 Å². The van der Waals surface area contributed by atoms with Crippen molar-refractivity contribution in [2.45, 2.75) is 52.2 Å². The van der Waals surface area contributed by atoms with Crippen molar-refractivity contribution >= 4 is 11.6 Å². The summed E-state index contributed by atoms with van der Waals surface area (Å²) in [5, 5.41) is 15.7. The van der Waals surface area contributed by atoms with E-state index in [0.717, 1.165) is 29.7 Å². The molecule has 0 aliphatic heterocycles. The summed E-state index contributed by atoms with van der Waals surface area (Å²) in [6.45, 7) is 6.27. The molecule has 0 amide bonds. The molecule has 1 N–H and O–H groups in total. The molecule has 0 saturated heterocycles. The first-order valence-corrected chi connectivity index (χ1v) is 7.91. The van der Waals surface area contributed by atoms with E-state index in [4.69, 9.17) is 11.6 Å². The molecule has 2 rings (SSSR count). The Morgan fingerprint density at radius 1 is 1.24 bits per heavy atom. The number of aliphatic hydroxyl groups excluding tert-OH is 1. The van der Waals surface area contributed by atoms with Crippen molar-refractivity contribution in [3.8, 4) is 0 Å². The molecule has 0 fully saturated rings. The molecule has 1 unspecified atom stereocenters. The van der Waals surface area contributed by atoms with E-state index in [1.54, 1.807) is 0 Å². The normalized spacial score (nSPS) is 12.9. The standard InChI is InChI=1S/C17H23ClN2O/c1-4-14(5-2)20-10-9-13(19-20)11-17(21)15-7-6-8-16(18)12(15)3/h6-10,14,17,21H,4-5,11H2,1-3H3. The fraction of sp³-hybridized carbons (Fsp3) is 0.471. The van der Waals surface area contributed by atoms with E-state index in [1.165, 1.54) is 0 Å². The van der Waals surface area contributed by atoms with Crippen LogP contribution < -0.4 is 0 Å². The minimum atomic E-state index is -0.575. The molecule has 2 aromatic rings. The smallest absolute Gasteiger partial charge is 0.0849 e. The van der Waals surface area contributed by atoms with Crippen molar-refractivity contribution < 1.29 is 5.11 Å². The van der Waals surface area contributed by atoms with Crippen molar-refractivity contribution in [1.82, 2.24) is 9.78 Å². The first kappa shape index (κ1) is 16.1. The van der Waals surface area contributed by atoms with Crippen LogP contribution in [0.5, 0.6) is 0 Å². The molecular formula is C17H23ClN2O. The van der Waals surface area contributed by atoms with Gasteiger partial charge in [-0.3, -0.25) is 4.68 Å². The number of hydrogen-bond donors (Lipinski definition) is 1. The van der Waals surface area contributed by atoms with Crippen LogP contribution in [-0.2, 0) is 6.42 Å². The van der Waals surface area contributed by atoms with Crippen molar-refractivity contribution in [3.05, 3.63) is 52.3 Å². The first-order valence-electron chi connectivity index (χ1n) is 7.53. The Kier molecular flexibility index (Phi) is 5.43. The molecule has 0 radical (unpaired) electrons. The summed E-state index contributed by atoms with van der Waals surface area (Å²) in [5.41, 5.74) is 2.72. The molecule has 21 heavy (non-hydrogen) atoms. The highest BCUT2D eigenvalue weighted by atomic mass is 35.5. The summed E-state index contributed by atoms with van der Waals surface area (Å²) in [6.07, 6.45) is 4.06. The highest BCUT2D eigenvalue weighted by Gasteiger charge is 2.15. The van der Waals surface area contributed by atoms with E-state index >= 15 is 0 Å². The predicted octanol–water partition coefficient (Wildman–Crippen LogP) is 4.48. The van der Waals surface area contributed by atoms with Crippen LogP contribution >= 0.6 is 11.6 Å². The second kappa shape index (κ2) is 7.10. The second-order valence-corrected chi connectivity index (χ2v) is 5.84. The van der Waals surface area contributed by atoms with E-state index in [0.29, 0.717) is 17.5 Å². The zero-order chi connectivity index (χ0) is 15.4. The van der Waals surface area contributed by atoms with E-state index in [2.05, 4.69) is 18.9 Å². The third-order valence-electron chi connectivity index (χ3n) is 4.05. The zero-order valence-corrected chi connectivity index (χ0v) is 13.6. The van der Waals surface area contributed by atoms with Crippen LogP contribution in [0.3, 0.4) is 0 Å². The number of nitrogens with zero attached hydrogens (tertiary/aromatic N) is 2. The molecule has 3 nitrogen and oxygen atoms in total. The highest BCUT2D eigenvalue weighted by Crippen LogP contribution is 2.26. The van der Waals surface area contributed by atoms with Gasteiger partial charge in [0.05, 0.1) is 17.8 Å². The quantitative estimate of drug-likeness (QED) is 0.854. The van der Waals surface area contributed by atoms with Gasteiger partial charge in [-0.15, -0.1) is 0 Å². The van der Waals surface area contributed by atoms with Crippen LogP contribution in [0.15, 0.2) is 30.5 Å². The van der Waals surface area contributed by atoms with Gasteiger partial charge < -0.3 is 5.11 Å². The molecule has 0 saturated carbocycles. The maximum Gasteiger partial charge on any atom is 0.0849 e. The number of rotatable bonds is 6. The molecule has 1 aromatic heterocycles. The largest absolute Gasteiger partial charge is 0.388 e. The molecule has 0 aliphatic carbocycles. The van der Waals surface area contributed by atoms with Gasteiger partial charge in [-0.25, -0.2) is 0 Å². The Bertz CT molecular complexity index is 590. The maximum atomic E-state index is 10.4. The van der Waals surface area contributed by atoms with Crippen LogP contribution in [0.25, 0.3) is 0 Å². The molecule has 1 aromatic carbocycles. The van der Waals surface area contributed by atoms with Crippen LogP contribution in [0.1, 0.15) is 55.7 Å². The van der Waals surface area contributed by atoms with Gasteiger partial charge in [-0.2, -0.15) is 5.10 Å². The number of halogens is 1. The first-order chi connectivity index (χ1) is 10.1. The number of benzene rings is 1. The van der Waals surface area contributed by atoms with Gasteiger partial charge in [0.2, 0.25) is 0 Å². The van der Waals surface area contributed by atoms with Gasteiger partial charge in [0.25, 0.3) is 0 Å². The molecule has 114 valence electrons. The lowest BCUT2D eigenvalue weighted by Crippen LogP contribution is -2.09. The number of aliphatic hydroxyl groups is 1. The van der Waals surface area contributed by atoms with E-state index in [-0.39, 0.29) is 0 Å². The number of hydrogen-bond acceptors (Lipinski definition) is 2. The van der Waals surface area contributed by atoms with Crippen molar-refractivity contribution in [3.63, 3.8) is 0 Å². The molecule has 0 bridgehead atoms. The van der Waals surface area contributed by atoms with Crippen molar-refractivity contribution in [2.24, 2.45) is 0 Å². The van der Waals surface area contributed by atoms with E-state index < -0.39 is 6.10 Å². The zero-order valence-electron chi connectivity index (χ0n) is 12.9. The van der Waals surface area contributed by atoms with Gasteiger partial charge >= 0.3 is 0 Å². The average molecular weight is 307 g/mol. The highest BCUT2D eigenvalue weighted by molar-refractivity contribution is 6.31. The summed E-state index contributed by atoms with van der Waals surface area (Å²) < 4.78 is 2.01.